The van der Waals surface area contributed by atoms with E-state index in [1.807, 2.05) is 34.8 Å². The van der Waals surface area contributed by atoms with Gasteiger partial charge in [-0.1, -0.05) is 41.5 Å². The van der Waals surface area contributed by atoms with Gasteiger partial charge in [-0.3, -0.25) is 0 Å². The van der Waals surface area contributed by atoms with E-state index in [1.165, 1.54) is 16.7 Å². The van der Waals surface area contributed by atoms with Crippen molar-refractivity contribution >= 4 is 0 Å². The molecule has 0 atom stereocenters. The summed E-state index contributed by atoms with van der Waals surface area (Å²) in [7, 11) is 6.10. The summed E-state index contributed by atoms with van der Waals surface area (Å²) in [6.07, 6.45) is 12.5. The van der Waals surface area contributed by atoms with Crippen molar-refractivity contribution in [2.24, 2.45) is 21.1 Å². The van der Waals surface area contributed by atoms with Crippen molar-refractivity contribution in [1.29, 1.82) is 0 Å². The number of aryl methyl sites for hydroxylation is 3. The summed E-state index contributed by atoms with van der Waals surface area (Å²) in [4.78, 5) is 0. The summed E-state index contributed by atoms with van der Waals surface area (Å²) in [5, 5.41) is 0. The Morgan fingerprint density at radius 2 is 0.576 bits per heavy atom. The van der Waals surface area contributed by atoms with Crippen molar-refractivity contribution in [3.05, 3.63) is 90.3 Å². The summed E-state index contributed by atoms with van der Waals surface area (Å²) in [5.41, 5.74) is 4.20. The monoisotopic (exact) mass is 693 g/mol. The van der Waals surface area contributed by atoms with E-state index in [1.54, 1.807) is 0 Å². The molecule has 0 fully saturated rings. The molecule has 6 heteroatoms. The lowest BCUT2D eigenvalue weighted by molar-refractivity contribution is -0.671. The second-order valence-corrected chi connectivity index (χ2v) is 8.85. The number of pyridine rings is 3. The fourth-order valence-corrected chi connectivity index (χ4v) is 2.69. The molecule has 33 heavy (non-hydrogen) atoms. The van der Waals surface area contributed by atoms with Gasteiger partial charge in [0, 0.05) is 36.4 Å². The highest BCUT2D eigenvalue weighted by Gasteiger charge is 2.00. The maximum Gasteiger partial charge on any atom is 0.168 e. The lowest BCUT2D eigenvalue weighted by Gasteiger charge is -2.00. The minimum Gasteiger partial charge on any atom is -1.00 e. The molecule has 0 saturated heterocycles. The van der Waals surface area contributed by atoms with Crippen LogP contribution in [0.5, 0.6) is 0 Å². The van der Waals surface area contributed by atoms with Crippen molar-refractivity contribution in [3.63, 3.8) is 0 Å². The molecule has 0 saturated carbocycles. The minimum atomic E-state index is 0. The predicted molar refractivity (Wildman–Crippen MR) is 125 cm³/mol. The number of hydrogen-bond donors (Lipinski definition) is 0. The van der Waals surface area contributed by atoms with Crippen molar-refractivity contribution in [3.8, 4) is 0 Å². The lowest BCUT2D eigenvalue weighted by Crippen LogP contribution is -3.00. The molecular formula is C27H42Br2IN3. The molecule has 0 amide bonds. The van der Waals surface area contributed by atoms with Crippen molar-refractivity contribution in [2.75, 3.05) is 0 Å². The maximum atomic E-state index is 2.20. The molecule has 3 rings (SSSR count). The van der Waals surface area contributed by atoms with E-state index in [2.05, 4.69) is 115 Å². The van der Waals surface area contributed by atoms with Crippen LogP contribution < -0.4 is 71.6 Å². The van der Waals surface area contributed by atoms with E-state index in [0.29, 0.717) is 17.8 Å². The maximum absolute atomic E-state index is 2.20. The van der Waals surface area contributed by atoms with Crippen LogP contribution in [0.1, 0.15) is 76.0 Å². The molecule has 0 aliphatic carbocycles. The quantitative estimate of drug-likeness (QED) is 0.196. The van der Waals surface area contributed by atoms with Gasteiger partial charge in [0.1, 0.15) is 21.1 Å². The minimum absolute atomic E-state index is 0. The van der Waals surface area contributed by atoms with Gasteiger partial charge in [0.15, 0.2) is 37.2 Å². The summed E-state index contributed by atoms with van der Waals surface area (Å²) in [5.74, 6) is 1.92. The fraction of sp³-hybridized carbons (Fsp3) is 0.444. The standard InChI is InChI=1S/3C9H14N.2BrH.HI/c3*1-8(2)9-4-6-10(3)7-5-9;;;/h3*4-8H,1-3H3;3*1H/q3*+1;;;/p-3. The van der Waals surface area contributed by atoms with Crippen LogP contribution in [0.25, 0.3) is 0 Å². The number of aromatic nitrogens is 3. The van der Waals surface area contributed by atoms with E-state index in [-0.39, 0.29) is 57.9 Å². The molecule has 0 bridgehead atoms. The first-order valence-corrected chi connectivity index (χ1v) is 11.0. The van der Waals surface area contributed by atoms with Gasteiger partial charge < -0.3 is 57.9 Å². The van der Waals surface area contributed by atoms with Crippen LogP contribution >= 0.6 is 0 Å². The van der Waals surface area contributed by atoms with Crippen LogP contribution in [-0.2, 0) is 21.1 Å². The molecular weight excluding hydrogens is 653 g/mol. The highest BCUT2D eigenvalue weighted by atomic mass is 127. The Morgan fingerprint density at radius 1 is 0.424 bits per heavy atom. The number of hydrogen-bond acceptors (Lipinski definition) is 0. The van der Waals surface area contributed by atoms with E-state index in [0.717, 1.165) is 0 Å². The SMILES string of the molecule is CC(C)c1cc[n+](C)cc1.CC(C)c1cc[n+](C)cc1.CC(C)c1cc[n+](C)cc1.[Br-].[Br-].[I-]. The molecule has 0 aromatic carbocycles. The van der Waals surface area contributed by atoms with Crippen molar-refractivity contribution in [1.82, 2.24) is 0 Å². The lowest BCUT2D eigenvalue weighted by atomic mass is 10.1. The normalized spacial score (nSPS) is 9.45. The second kappa shape index (κ2) is 19.4. The van der Waals surface area contributed by atoms with Gasteiger partial charge in [0.05, 0.1) is 0 Å². The van der Waals surface area contributed by atoms with Crippen LogP contribution in [0.2, 0.25) is 0 Å². The fourth-order valence-electron chi connectivity index (χ4n) is 2.69. The Hall–Kier alpha value is -0.860. The van der Waals surface area contributed by atoms with Gasteiger partial charge in [-0.25, -0.2) is 13.7 Å². The Morgan fingerprint density at radius 3 is 0.697 bits per heavy atom. The zero-order chi connectivity index (χ0) is 22.7. The molecule has 3 aromatic heterocycles. The van der Waals surface area contributed by atoms with E-state index < -0.39 is 0 Å². The van der Waals surface area contributed by atoms with Crippen molar-refractivity contribution in [2.45, 2.75) is 59.3 Å². The largest absolute Gasteiger partial charge is 1.00 e. The summed E-state index contributed by atoms with van der Waals surface area (Å²) >= 11 is 0. The first-order chi connectivity index (χ1) is 14.1. The van der Waals surface area contributed by atoms with Crippen molar-refractivity contribution < 1.29 is 71.6 Å². The molecule has 0 unspecified atom stereocenters. The average molecular weight is 695 g/mol. The smallest absolute Gasteiger partial charge is 0.168 e. The van der Waals surface area contributed by atoms with Gasteiger partial charge >= 0.3 is 0 Å². The topological polar surface area (TPSA) is 11.6 Å². The van der Waals surface area contributed by atoms with Gasteiger partial charge in [0.25, 0.3) is 0 Å². The average Bonchev–Trinajstić information content (AvgIpc) is 2.70. The molecule has 0 radical (unpaired) electrons. The Kier molecular flexibility index (Phi) is 21.6. The highest BCUT2D eigenvalue weighted by Crippen LogP contribution is 2.11. The van der Waals surface area contributed by atoms with Crippen LogP contribution in [0.3, 0.4) is 0 Å². The number of rotatable bonds is 3. The van der Waals surface area contributed by atoms with E-state index in [4.69, 9.17) is 0 Å². The predicted octanol–water partition coefficient (Wildman–Crippen LogP) is -4.08. The highest BCUT2D eigenvalue weighted by molar-refractivity contribution is 5.12. The summed E-state index contributed by atoms with van der Waals surface area (Å²) in [6, 6.07) is 12.9. The molecule has 186 valence electrons. The number of halogens is 3. The third-order valence-corrected chi connectivity index (χ3v) is 5.01. The van der Waals surface area contributed by atoms with Gasteiger partial charge in [0.2, 0.25) is 0 Å². The molecule has 0 aliphatic rings. The molecule has 3 nitrogen and oxygen atoms in total. The van der Waals surface area contributed by atoms with E-state index >= 15 is 0 Å². The summed E-state index contributed by atoms with van der Waals surface area (Å²) < 4.78 is 6.14. The first kappa shape index (κ1) is 36.7. The third kappa shape index (κ3) is 15.6. The van der Waals surface area contributed by atoms with E-state index in [9.17, 15) is 0 Å². The van der Waals surface area contributed by atoms with Crippen LogP contribution in [0.4, 0.5) is 0 Å². The van der Waals surface area contributed by atoms with Gasteiger partial charge in [-0.2, -0.15) is 0 Å². The Balaban J connectivity index is -0.000000391. The second-order valence-electron chi connectivity index (χ2n) is 8.85. The molecule has 3 aromatic rings. The van der Waals surface area contributed by atoms with Crippen LogP contribution in [0, 0.1) is 0 Å². The summed E-state index contributed by atoms with van der Waals surface area (Å²) in [6.45, 7) is 13.2. The van der Waals surface area contributed by atoms with Gasteiger partial charge in [-0.15, -0.1) is 0 Å². The molecule has 3 heterocycles. The third-order valence-electron chi connectivity index (χ3n) is 5.01. The first-order valence-electron chi connectivity index (χ1n) is 11.0. The number of nitrogens with zero attached hydrogens (tertiary/aromatic N) is 3. The molecule has 0 N–H and O–H groups in total. The Labute approximate surface area is 240 Å². The molecule has 0 aliphatic heterocycles. The Bertz CT molecular complexity index is 730. The zero-order valence-corrected chi connectivity index (χ0v) is 27.0. The van der Waals surface area contributed by atoms with Gasteiger partial charge in [-0.05, 0) is 34.4 Å². The molecule has 0 spiro atoms. The van der Waals surface area contributed by atoms with Crippen LogP contribution in [0.15, 0.2) is 73.6 Å². The van der Waals surface area contributed by atoms with Crippen LogP contribution in [-0.4, -0.2) is 0 Å². The zero-order valence-electron chi connectivity index (χ0n) is 21.6.